The molecule has 3 aromatic rings. The standard InChI is InChI=1S/C24H20ClF7N2/c25-19-7-8-21(33-15-19)22(14-16-5-2-1-3-6-16,34-10-4-9-23(27,28)29)17-11-18(24(30,31)32)13-20(26)12-17/h1-3,5-8,11-13,15,34H,4,9-10,14H2. The average Bonchev–Trinajstić information content (AvgIpc) is 2.75. The van der Waals surface area contributed by atoms with E-state index in [4.69, 9.17) is 11.6 Å². The van der Waals surface area contributed by atoms with Crippen LogP contribution < -0.4 is 5.32 Å². The highest BCUT2D eigenvalue weighted by Crippen LogP contribution is 2.38. The lowest BCUT2D eigenvalue weighted by Crippen LogP contribution is -2.47. The molecule has 2 aromatic carbocycles. The second kappa shape index (κ2) is 10.3. The molecule has 0 bridgehead atoms. The first kappa shape index (κ1) is 26.0. The third-order valence-electron chi connectivity index (χ3n) is 5.26. The van der Waals surface area contributed by atoms with E-state index in [9.17, 15) is 30.7 Å². The van der Waals surface area contributed by atoms with Crippen molar-refractivity contribution in [1.29, 1.82) is 0 Å². The Labute approximate surface area is 196 Å². The molecule has 10 heteroatoms. The van der Waals surface area contributed by atoms with Gasteiger partial charge in [0.15, 0.2) is 0 Å². The van der Waals surface area contributed by atoms with Gasteiger partial charge in [0.05, 0.1) is 21.8 Å². The number of nitrogens with one attached hydrogen (secondary N) is 1. The number of halogens is 8. The van der Waals surface area contributed by atoms with Gasteiger partial charge < -0.3 is 5.32 Å². The van der Waals surface area contributed by atoms with E-state index in [1.54, 1.807) is 30.3 Å². The first-order valence-electron chi connectivity index (χ1n) is 10.2. The molecule has 0 radical (unpaired) electrons. The summed E-state index contributed by atoms with van der Waals surface area (Å²) in [6.07, 6.45) is -9.39. The Morgan fingerprint density at radius 2 is 1.53 bits per heavy atom. The van der Waals surface area contributed by atoms with Gasteiger partial charge in [0.1, 0.15) is 5.82 Å². The van der Waals surface area contributed by atoms with Crippen LogP contribution in [-0.4, -0.2) is 17.7 Å². The molecule has 0 aliphatic heterocycles. The van der Waals surface area contributed by atoms with Crippen molar-refractivity contribution in [2.24, 2.45) is 0 Å². The van der Waals surface area contributed by atoms with Crippen LogP contribution in [0.3, 0.4) is 0 Å². The van der Waals surface area contributed by atoms with Crippen molar-refractivity contribution in [3.05, 3.63) is 100 Å². The van der Waals surface area contributed by atoms with E-state index < -0.39 is 35.7 Å². The summed E-state index contributed by atoms with van der Waals surface area (Å²) in [7, 11) is 0. The molecule has 0 amide bonds. The summed E-state index contributed by atoms with van der Waals surface area (Å²) in [5.74, 6) is -1.13. The summed E-state index contributed by atoms with van der Waals surface area (Å²) >= 11 is 5.94. The molecule has 0 saturated heterocycles. The Morgan fingerprint density at radius 1 is 0.853 bits per heavy atom. The van der Waals surface area contributed by atoms with Crippen molar-refractivity contribution in [3.63, 3.8) is 0 Å². The van der Waals surface area contributed by atoms with E-state index in [2.05, 4.69) is 10.3 Å². The van der Waals surface area contributed by atoms with E-state index >= 15 is 0 Å². The minimum absolute atomic E-state index is 0.00472. The van der Waals surface area contributed by atoms with E-state index in [1.165, 1.54) is 18.3 Å². The van der Waals surface area contributed by atoms with Crippen LogP contribution in [0.5, 0.6) is 0 Å². The number of pyridine rings is 1. The molecule has 182 valence electrons. The van der Waals surface area contributed by atoms with Crippen molar-refractivity contribution in [1.82, 2.24) is 10.3 Å². The van der Waals surface area contributed by atoms with Gasteiger partial charge in [-0.25, -0.2) is 4.39 Å². The maximum atomic E-state index is 14.4. The molecule has 2 nitrogen and oxygen atoms in total. The molecule has 0 aliphatic carbocycles. The lowest BCUT2D eigenvalue weighted by molar-refractivity contribution is -0.138. The zero-order chi connectivity index (χ0) is 25.0. The van der Waals surface area contributed by atoms with Gasteiger partial charge in [-0.15, -0.1) is 0 Å². The summed E-state index contributed by atoms with van der Waals surface area (Å²) in [5, 5.41) is 3.23. The van der Waals surface area contributed by atoms with Crippen molar-refractivity contribution >= 4 is 11.6 Å². The van der Waals surface area contributed by atoms with Gasteiger partial charge in [0.25, 0.3) is 0 Å². The molecule has 1 aromatic heterocycles. The molecular formula is C24H20ClF7N2. The molecular weight excluding hydrogens is 485 g/mol. The Balaban J connectivity index is 2.18. The fourth-order valence-corrected chi connectivity index (χ4v) is 3.83. The molecule has 0 fully saturated rings. The van der Waals surface area contributed by atoms with Crippen molar-refractivity contribution in [3.8, 4) is 0 Å². The van der Waals surface area contributed by atoms with Gasteiger partial charge in [-0.05, 0) is 54.4 Å². The number of alkyl halides is 6. The number of hydrogen-bond acceptors (Lipinski definition) is 2. The van der Waals surface area contributed by atoms with Crippen LogP contribution in [0.2, 0.25) is 5.02 Å². The molecule has 1 heterocycles. The monoisotopic (exact) mass is 504 g/mol. The molecule has 1 N–H and O–H groups in total. The van der Waals surface area contributed by atoms with E-state index in [0.29, 0.717) is 11.6 Å². The topological polar surface area (TPSA) is 24.9 Å². The van der Waals surface area contributed by atoms with Crippen LogP contribution >= 0.6 is 11.6 Å². The highest BCUT2D eigenvalue weighted by molar-refractivity contribution is 6.30. The van der Waals surface area contributed by atoms with Gasteiger partial charge in [-0.3, -0.25) is 4.98 Å². The van der Waals surface area contributed by atoms with Gasteiger partial charge in [-0.2, -0.15) is 26.3 Å². The van der Waals surface area contributed by atoms with Crippen LogP contribution in [0.1, 0.15) is 35.2 Å². The first-order chi connectivity index (χ1) is 15.9. The third kappa shape index (κ3) is 6.70. The fraction of sp³-hybridized carbons (Fsp3) is 0.292. The first-order valence-corrected chi connectivity index (χ1v) is 10.6. The Bertz CT molecular complexity index is 1080. The van der Waals surface area contributed by atoms with Gasteiger partial charge in [0, 0.05) is 19.0 Å². The Kier molecular flexibility index (Phi) is 7.88. The van der Waals surface area contributed by atoms with Crippen LogP contribution in [-0.2, 0) is 18.1 Å². The molecule has 34 heavy (non-hydrogen) atoms. The highest BCUT2D eigenvalue weighted by Gasteiger charge is 2.39. The third-order valence-corrected chi connectivity index (χ3v) is 5.48. The average molecular weight is 505 g/mol. The van der Waals surface area contributed by atoms with Crippen molar-refractivity contribution in [2.75, 3.05) is 6.54 Å². The van der Waals surface area contributed by atoms with Crippen LogP contribution in [0.25, 0.3) is 0 Å². The van der Waals surface area contributed by atoms with Crippen molar-refractivity contribution in [2.45, 2.75) is 37.2 Å². The highest BCUT2D eigenvalue weighted by atomic mass is 35.5. The van der Waals surface area contributed by atoms with Crippen molar-refractivity contribution < 1.29 is 30.7 Å². The number of rotatable bonds is 8. The molecule has 0 aliphatic rings. The minimum Gasteiger partial charge on any atom is -0.302 e. The maximum absolute atomic E-state index is 14.4. The number of hydrogen-bond donors (Lipinski definition) is 1. The Morgan fingerprint density at radius 3 is 2.12 bits per heavy atom. The predicted molar refractivity (Wildman–Crippen MR) is 115 cm³/mol. The fourth-order valence-electron chi connectivity index (χ4n) is 3.72. The summed E-state index contributed by atoms with van der Waals surface area (Å²) in [6, 6.07) is 13.6. The molecule has 0 spiro atoms. The summed E-state index contributed by atoms with van der Waals surface area (Å²) in [6.45, 7) is -0.214. The lowest BCUT2D eigenvalue weighted by atomic mass is 9.79. The van der Waals surface area contributed by atoms with E-state index in [1.807, 2.05) is 0 Å². The second-order valence-electron chi connectivity index (χ2n) is 7.80. The van der Waals surface area contributed by atoms with E-state index in [0.717, 1.165) is 12.1 Å². The summed E-state index contributed by atoms with van der Waals surface area (Å²) in [4.78, 5) is 4.25. The second-order valence-corrected chi connectivity index (χ2v) is 8.24. The van der Waals surface area contributed by atoms with Crippen LogP contribution in [0.15, 0.2) is 66.9 Å². The Hall–Kier alpha value is -2.65. The predicted octanol–water partition coefficient (Wildman–Crippen LogP) is 7.31. The van der Waals surface area contributed by atoms with E-state index in [-0.39, 0.29) is 35.7 Å². The molecule has 1 unspecified atom stereocenters. The summed E-state index contributed by atoms with van der Waals surface area (Å²) in [5.41, 5.74) is -2.07. The number of nitrogens with zero attached hydrogens (tertiary/aromatic N) is 1. The molecule has 1 atom stereocenters. The molecule has 0 saturated carbocycles. The molecule has 3 rings (SSSR count). The van der Waals surface area contributed by atoms with Gasteiger partial charge in [0.2, 0.25) is 0 Å². The van der Waals surface area contributed by atoms with Crippen LogP contribution in [0, 0.1) is 5.82 Å². The largest absolute Gasteiger partial charge is 0.416 e. The number of benzene rings is 2. The van der Waals surface area contributed by atoms with Gasteiger partial charge >= 0.3 is 12.4 Å². The maximum Gasteiger partial charge on any atom is 0.416 e. The summed E-state index contributed by atoms with van der Waals surface area (Å²) < 4.78 is 93.1. The lowest BCUT2D eigenvalue weighted by Gasteiger charge is -2.36. The number of aromatic nitrogens is 1. The zero-order valence-corrected chi connectivity index (χ0v) is 18.4. The quantitative estimate of drug-likeness (QED) is 0.257. The minimum atomic E-state index is -4.83. The zero-order valence-electron chi connectivity index (χ0n) is 17.7. The van der Waals surface area contributed by atoms with Gasteiger partial charge in [-0.1, -0.05) is 41.9 Å². The SMILES string of the molecule is Fc1cc(C(F)(F)F)cc(C(Cc2ccccc2)(NCCCC(F)(F)F)c2ccc(Cl)cn2)c1. The normalized spacial score (nSPS) is 14.1. The van der Waals surface area contributed by atoms with Crippen LogP contribution in [0.4, 0.5) is 30.7 Å². The smallest absolute Gasteiger partial charge is 0.302 e.